The standard InChI is InChI=1S/C31H34N6O4/c1-17-10-19(30-34-36-37(35-30)16-31(3,4)40)11-18(2)28(17)24-7-5-6-23-22(24)8-9-25(23)33-21-13-26-29(32-14-21)20(15-41-26)12-27(38)39/h5-7,10-11,13-14,20,25,33,40H,8-9,12,15-16H2,1-4H3,(H,38,39)/t20?,25-/m1/s1. The average Bonchev–Trinajstić information content (AvgIpc) is 3.62. The number of tetrazole rings is 1. The molecule has 0 saturated heterocycles. The second kappa shape index (κ2) is 10.3. The Labute approximate surface area is 238 Å². The fourth-order valence-corrected chi connectivity index (χ4v) is 6.12. The van der Waals surface area contributed by atoms with Gasteiger partial charge in [-0.05, 0) is 91.3 Å². The summed E-state index contributed by atoms with van der Waals surface area (Å²) >= 11 is 0. The summed E-state index contributed by atoms with van der Waals surface area (Å²) in [5.41, 5.74) is 8.89. The molecule has 1 aliphatic heterocycles. The van der Waals surface area contributed by atoms with Crippen molar-refractivity contribution in [3.05, 3.63) is 70.5 Å². The van der Waals surface area contributed by atoms with E-state index in [1.54, 1.807) is 20.0 Å². The SMILES string of the molecule is Cc1cc(-c2nnn(CC(C)(C)O)n2)cc(C)c1-c1cccc2c1CC[C@H]2Nc1cnc2c(c1)OCC2CC(=O)O. The van der Waals surface area contributed by atoms with Crippen molar-refractivity contribution in [2.24, 2.45) is 0 Å². The minimum Gasteiger partial charge on any atom is -0.491 e. The first-order valence-electron chi connectivity index (χ1n) is 13.9. The van der Waals surface area contributed by atoms with Gasteiger partial charge in [0.2, 0.25) is 5.82 Å². The van der Waals surface area contributed by atoms with Crippen LogP contribution in [0.15, 0.2) is 42.6 Å². The quantitative estimate of drug-likeness (QED) is 0.280. The average molecular weight is 555 g/mol. The van der Waals surface area contributed by atoms with Crippen LogP contribution in [0, 0.1) is 13.8 Å². The number of rotatable bonds is 8. The molecule has 3 heterocycles. The monoisotopic (exact) mass is 554 g/mol. The lowest BCUT2D eigenvalue weighted by Gasteiger charge is -2.18. The van der Waals surface area contributed by atoms with Crippen molar-refractivity contribution in [1.82, 2.24) is 25.2 Å². The van der Waals surface area contributed by atoms with Crippen molar-refractivity contribution >= 4 is 11.7 Å². The first-order chi connectivity index (χ1) is 19.6. The van der Waals surface area contributed by atoms with E-state index in [1.807, 2.05) is 6.07 Å². The third kappa shape index (κ3) is 5.39. The molecule has 2 aromatic carbocycles. The summed E-state index contributed by atoms with van der Waals surface area (Å²) in [6, 6.07) is 12.8. The molecule has 0 amide bonds. The number of carboxylic acid groups (broad SMARTS) is 1. The molecule has 3 N–H and O–H groups in total. The number of carbonyl (C=O) groups is 1. The number of benzene rings is 2. The Morgan fingerprint density at radius 3 is 2.71 bits per heavy atom. The minimum atomic E-state index is -0.927. The summed E-state index contributed by atoms with van der Waals surface area (Å²) in [6.07, 6.45) is 3.70. The molecule has 0 saturated carbocycles. The van der Waals surface area contributed by atoms with Gasteiger partial charge in [-0.15, -0.1) is 10.2 Å². The van der Waals surface area contributed by atoms with E-state index in [2.05, 4.69) is 69.9 Å². The van der Waals surface area contributed by atoms with Crippen LogP contribution < -0.4 is 10.1 Å². The van der Waals surface area contributed by atoms with Crippen LogP contribution in [0.25, 0.3) is 22.5 Å². The molecule has 212 valence electrons. The Morgan fingerprint density at radius 2 is 1.98 bits per heavy atom. The molecule has 2 atom stereocenters. The van der Waals surface area contributed by atoms with Gasteiger partial charge in [0.1, 0.15) is 5.75 Å². The zero-order valence-electron chi connectivity index (χ0n) is 23.7. The topological polar surface area (TPSA) is 135 Å². The molecular weight excluding hydrogens is 520 g/mol. The first kappa shape index (κ1) is 26.9. The molecule has 6 rings (SSSR count). The highest BCUT2D eigenvalue weighted by atomic mass is 16.5. The van der Waals surface area contributed by atoms with E-state index >= 15 is 0 Å². The highest BCUT2D eigenvalue weighted by molar-refractivity contribution is 5.78. The number of fused-ring (bicyclic) bond motifs is 2. The van der Waals surface area contributed by atoms with Crippen LogP contribution in [0.3, 0.4) is 0 Å². The van der Waals surface area contributed by atoms with E-state index < -0.39 is 11.6 Å². The number of carboxylic acids is 1. The number of anilines is 1. The van der Waals surface area contributed by atoms with Crippen molar-refractivity contribution in [3.8, 4) is 28.3 Å². The van der Waals surface area contributed by atoms with Crippen molar-refractivity contribution in [2.45, 2.75) is 71.1 Å². The van der Waals surface area contributed by atoms with E-state index in [0.29, 0.717) is 18.2 Å². The lowest BCUT2D eigenvalue weighted by molar-refractivity contribution is -0.137. The van der Waals surface area contributed by atoms with Crippen LogP contribution in [0.4, 0.5) is 5.69 Å². The van der Waals surface area contributed by atoms with Gasteiger partial charge in [0.25, 0.3) is 0 Å². The predicted octanol–water partition coefficient (Wildman–Crippen LogP) is 4.84. The zero-order chi connectivity index (χ0) is 28.9. The predicted molar refractivity (Wildman–Crippen MR) is 154 cm³/mol. The molecule has 1 unspecified atom stereocenters. The molecule has 0 radical (unpaired) electrons. The number of hydrogen-bond acceptors (Lipinski definition) is 8. The number of aryl methyl sites for hydroxylation is 2. The van der Waals surface area contributed by atoms with E-state index in [9.17, 15) is 9.90 Å². The lowest BCUT2D eigenvalue weighted by Crippen LogP contribution is -2.27. The Morgan fingerprint density at radius 1 is 1.20 bits per heavy atom. The van der Waals surface area contributed by atoms with Crippen LogP contribution in [0.1, 0.15) is 66.6 Å². The highest BCUT2D eigenvalue weighted by Gasteiger charge is 2.30. The summed E-state index contributed by atoms with van der Waals surface area (Å²) < 4.78 is 5.76. The van der Waals surface area contributed by atoms with E-state index in [-0.39, 0.29) is 24.9 Å². The van der Waals surface area contributed by atoms with Crippen LogP contribution in [-0.2, 0) is 17.8 Å². The summed E-state index contributed by atoms with van der Waals surface area (Å²) in [4.78, 5) is 17.1. The molecule has 41 heavy (non-hydrogen) atoms. The Hall–Kier alpha value is -4.31. The summed E-state index contributed by atoms with van der Waals surface area (Å²) in [6.45, 7) is 8.28. The van der Waals surface area contributed by atoms with Gasteiger partial charge >= 0.3 is 5.97 Å². The Kier molecular flexibility index (Phi) is 6.73. The Bertz CT molecular complexity index is 1620. The molecule has 0 spiro atoms. The number of nitrogens with one attached hydrogen (secondary N) is 1. The number of aromatic nitrogens is 5. The zero-order valence-corrected chi connectivity index (χ0v) is 23.7. The van der Waals surface area contributed by atoms with Gasteiger partial charge in [-0.1, -0.05) is 18.2 Å². The van der Waals surface area contributed by atoms with Crippen molar-refractivity contribution < 1.29 is 19.7 Å². The van der Waals surface area contributed by atoms with Gasteiger partial charge in [0.05, 0.1) is 48.8 Å². The molecule has 0 fully saturated rings. The molecule has 10 nitrogen and oxygen atoms in total. The maximum Gasteiger partial charge on any atom is 0.304 e. The van der Waals surface area contributed by atoms with Crippen molar-refractivity contribution in [1.29, 1.82) is 0 Å². The molecular formula is C31H34N6O4. The lowest BCUT2D eigenvalue weighted by atomic mass is 9.89. The summed E-state index contributed by atoms with van der Waals surface area (Å²) in [7, 11) is 0. The largest absolute Gasteiger partial charge is 0.491 e. The maximum atomic E-state index is 11.2. The van der Waals surface area contributed by atoms with Gasteiger partial charge in [-0.2, -0.15) is 4.80 Å². The van der Waals surface area contributed by atoms with E-state index in [1.165, 1.54) is 27.1 Å². The summed E-state index contributed by atoms with van der Waals surface area (Å²) in [5, 5.41) is 35.7. The molecule has 2 aromatic heterocycles. The number of nitrogens with zero attached hydrogens (tertiary/aromatic N) is 5. The van der Waals surface area contributed by atoms with E-state index in [0.717, 1.165) is 40.9 Å². The number of pyridine rings is 1. The smallest absolute Gasteiger partial charge is 0.304 e. The number of aliphatic carboxylic acids is 1. The van der Waals surface area contributed by atoms with E-state index in [4.69, 9.17) is 9.84 Å². The van der Waals surface area contributed by atoms with Gasteiger partial charge in [0.15, 0.2) is 0 Å². The van der Waals surface area contributed by atoms with Crippen LogP contribution in [0.5, 0.6) is 5.75 Å². The van der Waals surface area contributed by atoms with Gasteiger partial charge in [-0.3, -0.25) is 9.78 Å². The number of aliphatic hydroxyl groups is 1. The first-order valence-corrected chi connectivity index (χ1v) is 13.9. The van der Waals surface area contributed by atoms with Crippen LogP contribution in [-0.4, -0.2) is 53.6 Å². The molecule has 4 aromatic rings. The van der Waals surface area contributed by atoms with Gasteiger partial charge in [0, 0.05) is 17.5 Å². The fraction of sp³-hybridized carbons (Fsp3) is 0.387. The highest BCUT2D eigenvalue weighted by Crippen LogP contribution is 2.43. The second-order valence-electron chi connectivity index (χ2n) is 11.8. The summed E-state index contributed by atoms with van der Waals surface area (Å²) in [5.74, 6) is 0.144. The molecule has 2 aliphatic rings. The maximum absolute atomic E-state index is 11.2. The third-order valence-corrected chi connectivity index (χ3v) is 7.78. The molecule has 0 bridgehead atoms. The number of ether oxygens (including phenoxy) is 1. The normalized spacial score (nSPS) is 17.7. The third-order valence-electron chi connectivity index (χ3n) is 7.78. The minimum absolute atomic E-state index is 0.0179. The van der Waals surface area contributed by atoms with Crippen LogP contribution >= 0.6 is 0 Å². The molecule has 10 heteroatoms. The fourth-order valence-electron chi connectivity index (χ4n) is 6.12. The van der Waals surface area contributed by atoms with Crippen molar-refractivity contribution in [3.63, 3.8) is 0 Å². The van der Waals surface area contributed by atoms with Gasteiger partial charge < -0.3 is 20.3 Å². The van der Waals surface area contributed by atoms with Crippen LogP contribution in [0.2, 0.25) is 0 Å². The second-order valence-corrected chi connectivity index (χ2v) is 11.8. The van der Waals surface area contributed by atoms with Crippen molar-refractivity contribution in [2.75, 3.05) is 11.9 Å². The Balaban J connectivity index is 1.25. The number of hydrogen-bond donors (Lipinski definition) is 3. The molecule has 1 aliphatic carbocycles. The van der Waals surface area contributed by atoms with Gasteiger partial charge in [-0.25, -0.2) is 0 Å².